The molecule has 0 spiro atoms. The summed E-state index contributed by atoms with van der Waals surface area (Å²) >= 11 is 0. The van der Waals surface area contributed by atoms with E-state index in [9.17, 15) is 21.6 Å². The molecule has 0 saturated carbocycles. The van der Waals surface area contributed by atoms with E-state index in [0.29, 0.717) is 11.8 Å². The molecule has 2 heterocycles. The highest BCUT2D eigenvalue weighted by molar-refractivity contribution is 7.89. The second kappa shape index (κ2) is 11.4. The molecule has 39 heavy (non-hydrogen) atoms. The van der Waals surface area contributed by atoms with Crippen LogP contribution in [0.15, 0.2) is 53.6 Å². The summed E-state index contributed by atoms with van der Waals surface area (Å²) in [4.78, 5) is 2.10. The lowest BCUT2D eigenvalue weighted by molar-refractivity contribution is -0.137. The highest BCUT2D eigenvalue weighted by Gasteiger charge is 2.32. The summed E-state index contributed by atoms with van der Waals surface area (Å²) in [5.41, 5.74) is 3.55. The Morgan fingerprint density at radius 1 is 1.08 bits per heavy atom. The molecule has 2 aliphatic rings. The van der Waals surface area contributed by atoms with E-state index in [4.69, 9.17) is 0 Å². The third-order valence-corrected chi connectivity index (χ3v) is 9.15. The van der Waals surface area contributed by atoms with Crippen LogP contribution in [0.2, 0.25) is 0 Å². The van der Waals surface area contributed by atoms with Crippen LogP contribution in [0.4, 0.5) is 13.2 Å². The molecule has 1 aliphatic carbocycles. The van der Waals surface area contributed by atoms with Crippen molar-refractivity contribution in [1.82, 2.24) is 24.6 Å². The van der Waals surface area contributed by atoms with Crippen LogP contribution in [0.25, 0.3) is 0 Å². The van der Waals surface area contributed by atoms with Crippen LogP contribution < -0.4 is 4.72 Å². The van der Waals surface area contributed by atoms with E-state index in [1.807, 2.05) is 10.9 Å². The van der Waals surface area contributed by atoms with Gasteiger partial charge < -0.3 is 0 Å². The molecule has 2 atom stereocenters. The van der Waals surface area contributed by atoms with Gasteiger partial charge in [0.25, 0.3) is 0 Å². The van der Waals surface area contributed by atoms with Gasteiger partial charge in [0, 0.05) is 25.2 Å². The number of benzene rings is 2. The minimum atomic E-state index is -4.62. The molecule has 11 heteroatoms. The van der Waals surface area contributed by atoms with E-state index in [-0.39, 0.29) is 12.5 Å². The second-order valence-corrected chi connectivity index (χ2v) is 12.4. The van der Waals surface area contributed by atoms with Crippen LogP contribution in [0.1, 0.15) is 73.0 Å². The van der Waals surface area contributed by atoms with Crippen molar-refractivity contribution in [3.8, 4) is 0 Å². The summed E-state index contributed by atoms with van der Waals surface area (Å²) in [6.45, 7) is 4.97. The van der Waals surface area contributed by atoms with E-state index in [1.54, 1.807) is 6.92 Å². The Bertz CT molecular complexity index is 1400. The number of sulfonamides is 1. The maximum absolute atomic E-state index is 13.0. The summed E-state index contributed by atoms with van der Waals surface area (Å²) in [5.74, 6) is 0. The van der Waals surface area contributed by atoms with Gasteiger partial charge in [-0.2, -0.15) is 13.2 Å². The molecule has 1 aromatic heterocycles. The fraction of sp³-hybridized carbons (Fsp3) is 0.500. The molecule has 1 aliphatic heterocycles. The van der Waals surface area contributed by atoms with Crippen LogP contribution in [-0.4, -0.2) is 47.4 Å². The van der Waals surface area contributed by atoms with Crippen molar-refractivity contribution in [2.24, 2.45) is 0 Å². The number of alkyl halides is 3. The standard InChI is InChI=1S/C28H34F3N5O2S/c1-20(33-39(37,38)25-9-6-8-23(17-25)28(29,30)31)15-24-19-36(34-32-24)27-10-5-7-22-16-21(11-12-26(22)27)18-35-13-3-2-4-14-35/h6,8-9,11-12,16-17,19-20,27,33H,2-5,7,10,13-15,18H2,1H3/t20-,27+/m0/s1. The van der Waals surface area contributed by atoms with Crippen LogP contribution in [0.3, 0.4) is 0 Å². The number of hydrogen-bond donors (Lipinski definition) is 1. The predicted octanol–water partition coefficient (Wildman–Crippen LogP) is 5.12. The number of fused-ring (bicyclic) bond motifs is 1. The van der Waals surface area contributed by atoms with E-state index in [2.05, 4.69) is 38.1 Å². The predicted molar refractivity (Wildman–Crippen MR) is 142 cm³/mol. The number of aryl methyl sites for hydroxylation is 1. The maximum atomic E-state index is 13.0. The van der Waals surface area contributed by atoms with Crippen molar-refractivity contribution in [2.75, 3.05) is 13.1 Å². The fourth-order valence-corrected chi connectivity index (χ4v) is 6.97. The topological polar surface area (TPSA) is 80.1 Å². The normalized spacial score (nSPS) is 19.5. The number of aromatic nitrogens is 3. The molecule has 0 amide bonds. The van der Waals surface area contributed by atoms with Gasteiger partial charge in [0.05, 0.1) is 22.2 Å². The number of halogens is 3. The van der Waals surface area contributed by atoms with E-state index >= 15 is 0 Å². The Balaban J connectivity index is 1.24. The zero-order chi connectivity index (χ0) is 27.6. The third-order valence-electron chi connectivity index (χ3n) is 7.57. The van der Waals surface area contributed by atoms with Crippen molar-refractivity contribution in [2.45, 2.75) is 81.6 Å². The number of likely N-dealkylation sites (tertiary alicyclic amines) is 1. The summed E-state index contributed by atoms with van der Waals surface area (Å²) in [6, 6.07) is 9.97. The number of piperidine rings is 1. The average molecular weight is 562 g/mol. The molecule has 1 fully saturated rings. The molecule has 210 valence electrons. The van der Waals surface area contributed by atoms with E-state index in [1.165, 1.54) is 36.0 Å². The largest absolute Gasteiger partial charge is 0.416 e. The van der Waals surface area contributed by atoms with Gasteiger partial charge in [-0.05, 0) is 87.0 Å². The van der Waals surface area contributed by atoms with Gasteiger partial charge in [0.2, 0.25) is 10.0 Å². The summed E-state index contributed by atoms with van der Waals surface area (Å²) in [6.07, 6.45) is 4.37. The van der Waals surface area contributed by atoms with Crippen LogP contribution in [0.5, 0.6) is 0 Å². The van der Waals surface area contributed by atoms with Gasteiger partial charge in [-0.3, -0.25) is 4.90 Å². The number of hydrogen-bond acceptors (Lipinski definition) is 5. The summed E-state index contributed by atoms with van der Waals surface area (Å²) in [7, 11) is -4.14. The lowest BCUT2D eigenvalue weighted by Gasteiger charge is -2.29. The minimum Gasteiger partial charge on any atom is -0.299 e. The quantitative estimate of drug-likeness (QED) is 0.413. The number of nitrogens with one attached hydrogen (secondary N) is 1. The van der Waals surface area contributed by atoms with Crippen LogP contribution in [0, 0.1) is 0 Å². The Labute approximate surface area is 227 Å². The molecular weight excluding hydrogens is 527 g/mol. The van der Waals surface area contributed by atoms with Crippen molar-refractivity contribution in [3.63, 3.8) is 0 Å². The van der Waals surface area contributed by atoms with Gasteiger partial charge in [-0.25, -0.2) is 17.8 Å². The molecule has 5 rings (SSSR count). The van der Waals surface area contributed by atoms with Gasteiger partial charge in [-0.1, -0.05) is 35.9 Å². The molecule has 0 radical (unpaired) electrons. The highest BCUT2D eigenvalue weighted by atomic mass is 32.2. The van der Waals surface area contributed by atoms with Gasteiger partial charge in [-0.15, -0.1) is 5.10 Å². The Hall–Kier alpha value is -2.76. The highest BCUT2D eigenvalue weighted by Crippen LogP contribution is 2.34. The maximum Gasteiger partial charge on any atom is 0.416 e. The van der Waals surface area contributed by atoms with Gasteiger partial charge in [0.1, 0.15) is 0 Å². The van der Waals surface area contributed by atoms with Crippen LogP contribution in [-0.2, 0) is 35.6 Å². The minimum absolute atomic E-state index is 0.0659. The summed E-state index contributed by atoms with van der Waals surface area (Å²) in [5, 5.41) is 8.63. The molecule has 1 saturated heterocycles. The van der Waals surface area contributed by atoms with Crippen molar-refractivity contribution >= 4 is 10.0 Å². The third kappa shape index (κ3) is 6.70. The van der Waals surface area contributed by atoms with E-state index < -0.39 is 32.7 Å². The monoisotopic (exact) mass is 561 g/mol. The van der Waals surface area contributed by atoms with Gasteiger partial charge >= 0.3 is 6.18 Å². The first-order chi connectivity index (χ1) is 18.6. The molecule has 7 nitrogen and oxygen atoms in total. The molecule has 3 aromatic rings. The lowest BCUT2D eigenvalue weighted by atomic mass is 9.86. The Morgan fingerprint density at radius 3 is 2.64 bits per heavy atom. The molecule has 0 unspecified atom stereocenters. The van der Waals surface area contributed by atoms with Crippen molar-refractivity contribution < 1.29 is 21.6 Å². The molecular formula is C28H34F3N5O2S. The van der Waals surface area contributed by atoms with Crippen molar-refractivity contribution in [1.29, 1.82) is 0 Å². The average Bonchev–Trinajstić information content (AvgIpc) is 3.36. The number of rotatable bonds is 8. The first-order valence-corrected chi connectivity index (χ1v) is 15.0. The van der Waals surface area contributed by atoms with Gasteiger partial charge in [0.15, 0.2) is 0 Å². The molecule has 1 N–H and O–H groups in total. The first-order valence-electron chi connectivity index (χ1n) is 13.5. The smallest absolute Gasteiger partial charge is 0.299 e. The Morgan fingerprint density at radius 2 is 1.87 bits per heavy atom. The van der Waals surface area contributed by atoms with Crippen LogP contribution >= 0.6 is 0 Å². The SMILES string of the molecule is C[C@@H](Cc1cn([C@@H]2CCCc3cc(CN4CCCCC4)ccc32)nn1)NS(=O)(=O)c1cccc(C(F)(F)F)c1. The molecule has 2 aromatic carbocycles. The van der Waals surface area contributed by atoms with Crippen molar-refractivity contribution in [3.05, 3.63) is 76.6 Å². The fourth-order valence-electron chi connectivity index (χ4n) is 5.68. The lowest BCUT2D eigenvalue weighted by Crippen LogP contribution is -2.34. The zero-order valence-electron chi connectivity index (χ0n) is 22.0. The Kier molecular flexibility index (Phi) is 8.11. The van der Waals surface area contributed by atoms with E-state index in [0.717, 1.165) is 57.1 Å². The zero-order valence-corrected chi connectivity index (χ0v) is 22.8. The molecule has 0 bridgehead atoms. The first kappa shape index (κ1) is 27.8. The number of nitrogens with zero attached hydrogens (tertiary/aromatic N) is 4. The summed E-state index contributed by atoms with van der Waals surface area (Å²) < 4.78 is 68.9. The second-order valence-electron chi connectivity index (χ2n) is 10.7.